The van der Waals surface area contributed by atoms with E-state index in [9.17, 15) is 0 Å². The molecule has 0 radical (unpaired) electrons. The third kappa shape index (κ3) is 4.42. The van der Waals surface area contributed by atoms with Gasteiger partial charge in [0.2, 0.25) is 0 Å². The lowest BCUT2D eigenvalue weighted by Gasteiger charge is -2.18. The molecule has 0 aliphatic heterocycles. The highest BCUT2D eigenvalue weighted by atomic mass is 35.5. The maximum absolute atomic E-state index is 5.99. The Morgan fingerprint density at radius 3 is 2.50 bits per heavy atom. The second kappa shape index (κ2) is 6.77. The van der Waals surface area contributed by atoms with Crippen molar-refractivity contribution in [1.29, 1.82) is 0 Å². The largest absolute Gasteiger partial charge is 0.489 e. The Bertz CT molecular complexity index is 313. The summed E-state index contributed by atoms with van der Waals surface area (Å²) in [6, 6.07) is 7.48. The second-order valence-corrected chi connectivity index (χ2v) is 4.64. The van der Waals surface area contributed by atoms with Gasteiger partial charge in [-0.25, -0.2) is 0 Å². The van der Waals surface area contributed by atoms with Crippen LogP contribution in [-0.2, 0) is 4.74 Å². The van der Waals surface area contributed by atoms with Crippen LogP contribution in [0.5, 0.6) is 5.75 Å². The fourth-order valence-electron chi connectivity index (χ4n) is 1.50. The number of halogens is 1. The maximum atomic E-state index is 5.99. The number of hydrogen-bond donors (Lipinski definition) is 0. The summed E-state index contributed by atoms with van der Waals surface area (Å²) in [7, 11) is 1.71. The van der Waals surface area contributed by atoms with E-state index in [4.69, 9.17) is 21.1 Å². The molecule has 0 amide bonds. The Kier molecular flexibility index (Phi) is 5.64. The van der Waals surface area contributed by atoms with E-state index < -0.39 is 0 Å². The van der Waals surface area contributed by atoms with Crippen LogP contribution in [0, 0.1) is 5.92 Å². The molecule has 0 fully saturated rings. The SMILES string of the molecule is CO[C@H](COc1ccccc1Cl)CC(C)C. The Morgan fingerprint density at radius 2 is 1.94 bits per heavy atom. The number of rotatable bonds is 6. The predicted molar refractivity (Wildman–Crippen MR) is 67.2 cm³/mol. The standard InChI is InChI=1S/C13H19ClO2/c1-10(2)8-11(15-3)9-16-13-7-5-4-6-12(13)14/h4-7,10-11H,8-9H2,1-3H3/t11-/m0/s1. The molecule has 1 atom stereocenters. The number of benzene rings is 1. The molecule has 0 heterocycles. The molecule has 16 heavy (non-hydrogen) atoms. The van der Waals surface area contributed by atoms with Gasteiger partial charge in [-0.2, -0.15) is 0 Å². The molecule has 90 valence electrons. The molecule has 3 heteroatoms. The van der Waals surface area contributed by atoms with Crippen molar-refractivity contribution in [2.45, 2.75) is 26.4 Å². The summed E-state index contributed by atoms with van der Waals surface area (Å²) in [5, 5.41) is 0.641. The van der Waals surface area contributed by atoms with Crippen LogP contribution in [-0.4, -0.2) is 19.8 Å². The van der Waals surface area contributed by atoms with E-state index in [1.165, 1.54) is 0 Å². The first-order chi connectivity index (χ1) is 7.63. The van der Waals surface area contributed by atoms with E-state index in [0.717, 1.165) is 12.2 Å². The Balaban J connectivity index is 2.46. The molecule has 0 aliphatic carbocycles. The van der Waals surface area contributed by atoms with Crippen LogP contribution < -0.4 is 4.74 Å². The van der Waals surface area contributed by atoms with Crippen LogP contribution in [0.3, 0.4) is 0 Å². The lowest BCUT2D eigenvalue weighted by Crippen LogP contribution is -2.22. The van der Waals surface area contributed by atoms with Crippen molar-refractivity contribution in [1.82, 2.24) is 0 Å². The molecular formula is C13H19ClO2. The summed E-state index contributed by atoms with van der Waals surface area (Å²) in [6.07, 6.45) is 1.11. The third-order valence-electron chi connectivity index (χ3n) is 2.33. The lowest BCUT2D eigenvalue weighted by molar-refractivity contribution is 0.0435. The van der Waals surface area contributed by atoms with Gasteiger partial charge in [-0.3, -0.25) is 0 Å². The second-order valence-electron chi connectivity index (χ2n) is 4.23. The van der Waals surface area contributed by atoms with Crippen molar-refractivity contribution in [3.8, 4) is 5.75 Å². The minimum atomic E-state index is 0.122. The van der Waals surface area contributed by atoms with E-state index in [-0.39, 0.29) is 6.10 Å². The van der Waals surface area contributed by atoms with Gasteiger partial charge in [0.05, 0.1) is 11.1 Å². The van der Waals surface area contributed by atoms with Crippen LogP contribution in [0.1, 0.15) is 20.3 Å². The molecule has 0 saturated heterocycles. The summed E-state index contributed by atoms with van der Waals surface area (Å²) in [4.78, 5) is 0. The summed E-state index contributed by atoms with van der Waals surface area (Å²) in [5.41, 5.74) is 0. The highest BCUT2D eigenvalue weighted by molar-refractivity contribution is 6.32. The highest BCUT2D eigenvalue weighted by Gasteiger charge is 2.11. The van der Waals surface area contributed by atoms with E-state index in [0.29, 0.717) is 17.5 Å². The Hall–Kier alpha value is -0.730. The minimum Gasteiger partial charge on any atom is -0.489 e. The molecule has 0 bridgehead atoms. The topological polar surface area (TPSA) is 18.5 Å². The van der Waals surface area contributed by atoms with Crippen molar-refractivity contribution >= 4 is 11.6 Å². The normalized spacial score (nSPS) is 12.8. The maximum Gasteiger partial charge on any atom is 0.138 e. The smallest absolute Gasteiger partial charge is 0.138 e. The Labute approximate surface area is 103 Å². The number of methoxy groups -OCH3 is 1. The lowest BCUT2D eigenvalue weighted by atomic mass is 10.1. The summed E-state index contributed by atoms with van der Waals surface area (Å²) in [5.74, 6) is 1.31. The summed E-state index contributed by atoms with van der Waals surface area (Å²) < 4.78 is 11.0. The monoisotopic (exact) mass is 242 g/mol. The molecule has 0 N–H and O–H groups in total. The summed E-state index contributed by atoms with van der Waals surface area (Å²) in [6.45, 7) is 4.88. The molecule has 0 aromatic heterocycles. The highest BCUT2D eigenvalue weighted by Crippen LogP contribution is 2.23. The van der Waals surface area contributed by atoms with E-state index >= 15 is 0 Å². The number of ether oxygens (including phenoxy) is 2. The fourth-order valence-corrected chi connectivity index (χ4v) is 1.69. The molecule has 0 unspecified atom stereocenters. The third-order valence-corrected chi connectivity index (χ3v) is 2.64. The predicted octanol–water partition coefficient (Wildman–Crippen LogP) is 3.78. The molecule has 1 rings (SSSR count). The van der Waals surface area contributed by atoms with Gasteiger partial charge in [0.1, 0.15) is 12.4 Å². The zero-order valence-electron chi connectivity index (χ0n) is 10.1. The molecule has 2 nitrogen and oxygen atoms in total. The van der Waals surface area contributed by atoms with Crippen LogP contribution in [0.15, 0.2) is 24.3 Å². The van der Waals surface area contributed by atoms with Gasteiger partial charge in [-0.05, 0) is 24.5 Å². The van der Waals surface area contributed by atoms with Crippen LogP contribution in [0.25, 0.3) is 0 Å². The van der Waals surface area contributed by atoms with Crippen molar-refractivity contribution < 1.29 is 9.47 Å². The molecule has 0 spiro atoms. The van der Waals surface area contributed by atoms with Gasteiger partial charge in [0.15, 0.2) is 0 Å². The quantitative estimate of drug-likeness (QED) is 0.756. The average molecular weight is 243 g/mol. The Morgan fingerprint density at radius 1 is 1.25 bits per heavy atom. The number of hydrogen-bond acceptors (Lipinski definition) is 2. The van der Waals surface area contributed by atoms with Gasteiger partial charge in [-0.1, -0.05) is 37.6 Å². The van der Waals surface area contributed by atoms with Crippen molar-refractivity contribution in [2.24, 2.45) is 5.92 Å². The molecule has 0 saturated carbocycles. The first kappa shape index (κ1) is 13.3. The van der Waals surface area contributed by atoms with Crippen LogP contribution in [0.2, 0.25) is 5.02 Å². The van der Waals surface area contributed by atoms with Gasteiger partial charge in [0, 0.05) is 7.11 Å². The minimum absolute atomic E-state index is 0.122. The first-order valence-corrected chi connectivity index (χ1v) is 5.91. The zero-order valence-corrected chi connectivity index (χ0v) is 10.8. The molecular weight excluding hydrogens is 224 g/mol. The van der Waals surface area contributed by atoms with Crippen molar-refractivity contribution in [2.75, 3.05) is 13.7 Å². The molecule has 0 aliphatic rings. The zero-order chi connectivity index (χ0) is 12.0. The van der Waals surface area contributed by atoms with Crippen molar-refractivity contribution in [3.05, 3.63) is 29.3 Å². The van der Waals surface area contributed by atoms with Gasteiger partial charge >= 0.3 is 0 Å². The molecule has 1 aromatic carbocycles. The van der Waals surface area contributed by atoms with E-state index in [2.05, 4.69) is 13.8 Å². The van der Waals surface area contributed by atoms with E-state index in [1.807, 2.05) is 24.3 Å². The molecule has 1 aromatic rings. The summed E-state index contributed by atoms with van der Waals surface area (Å²) >= 11 is 5.99. The first-order valence-electron chi connectivity index (χ1n) is 5.53. The van der Waals surface area contributed by atoms with Gasteiger partial charge in [-0.15, -0.1) is 0 Å². The van der Waals surface area contributed by atoms with Crippen LogP contribution >= 0.6 is 11.6 Å². The van der Waals surface area contributed by atoms with Gasteiger partial charge in [0.25, 0.3) is 0 Å². The van der Waals surface area contributed by atoms with Crippen molar-refractivity contribution in [3.63, 3.8) is 0 Å². The number of para-hydroxylation sites is 1. The van der Waals surface area contributed by atoms with Crippen LogP contribution in [0.4, 0.5) is 0 Å². The van der Waals surface area contributed by atoms with E-state index in [1.54, 1.807) is 7.11 Å². The average Bonchev–Trinajstić information content (AvgIpc) is 2.25. The van der Waals surface area contributed by atoms with Gasteiger partial charge < -0.3 is 9.47 Å². The fraction of sp³-hybridized carbons (Fsp3) is 0.538.